The Morgan fingerprint density at radius 3 is 2.89 bits per heavy atom. The van der Waals surface area contributed by atoms with Crippen molar-refractivity contribution in [2.45, 2.75) is 0 Å². The zero-order valence-electron chi connectivity index (χ0n) is 5.06. The van der Waals surface area contributed by atoms with Gasteiger partial charge in [-0.25, -0.2) is 0 Å². The standard InChI is InChI=1S/C6H7BrIN/c1-9-3-5(7)2-6(8)4-9/h2,4H,3H2,1H3. The van der Waals surface area contributed by atoms with Crippen molar-refractivity contribution in [3.8, 4) is 0 Å². The lowest BCUT2D eigenvalue weighted by Crippen LogP contribution is -2.15. The smallest absolute Gasteiger partial charge is 0.0487 e. The van der Waals surface area contributed by atoms with Crippen LogP contribution < -0.4 is 0 Å². The quantitative estimate of drug-likeness (QED) is 0.621. The van der Waals surface area contributed by atoms with Gasteiger partial charge in [0.05, 0.1) is 0 Å². The van der Waals surface area contributed by atoms with Crippen molar-refractivity contribution in [1.29, 1.82) is 0 Å². The number of rotatable bonds is 0. The van der Waals surface area contributed by atoms with Crippen LogP contribution in [-0.4, -0.2) is 18.5 Å². The fraction of sp³-hybridized carbons (Fsp3) is 0.333. The van der Waals surface area contributed by atoms with Crippen LogP contribution in [0.15, 0.2) is 20.3 Å². The molecule has 0 N–H and O–H groups in total. The van der Waals surface area contributed by atoms with Gasteiger partial charge in [0, 0.05) is 27.9 Å². The molecule has 9 heavy (non-hydrogen) atoms. The summed E-state index contributed by atoms with van der Waals surface area (Å²) in [5.74, 6) is 0. The molecule has 1 nitrogen and oxygen atoms in total. The van der Waals surface area contributed by atoms with Gasteiger partial charge in [0.25, 0.3) is 0 Å². The van der Waals surface area contributed by atoms with Gasteiger partial charge in [0.2, 0.25) is 0 Å². The Kier molecular flexibility index (Phi) is 2.58. The number of nitrogens with zero attached hydrogens (tertiary/aromatic N) is 1. The van der Waals surface area contributed by atoms with Gasteiger partial charge in [-0.05, 0) is 28.7 Å². The van der Waals surface area contributed by atoms with E-state index >= 15 is 0 Å². The average molecular weight is 300 g/mol. The first-order valence-corrected chi connectivity index (χ1v) is 4.49. The minimum absolute atomic E-state index is 0.993. The Bertz CT molecular complexity index is 174. The average Bonchev–Trinajstić information content (AvgIpc) is 1.59. The van der Waals surface area contributed by atoms with Crippen molar-refractivity contribution >= 4 is 38.5 Å². The van der Waals surface area contributed by atoms with Crippen molar-refractivity contribution in [2.75, 3.05) is 13.6 Å². The van der Waals surface area contributed by atoms with E-state index in [0.29, 0.717) is 0 Å². The monoisotopic (exact) mass is 299 g/mol. The second kappa shape index (κ2) is 3.05. The molecular formula is C6H7BrIN. The lowest BCUT2D eigenvalue weighted by molar-refractivity contribution is 0.501. The molecule has 1 aliphatic heterocycles. The maximum absolute atomic E-state index is 3.44. The van der Waals surface area contributed by atoms with Crippen molar-refractivity contribution < 1.29 is 0 Å². The number of hydrogen-bond donors (Lipinski definition) is 0. The predicted octanol–water partition coefficient (Wildman–Crippen LogP) is 2.49. The van der Waals surface area contributed by atoms with E-state index in [9.17, 15) is 0 Å². The lowest BCUT2D eigenvalue weighted by Gasteiger charge is -2.17. The molecule has 0 saturated heterocycles. The Morgan fingerprint density at radius 1 is 1.78 bits per heavy atom. The fourth-order valence-electron chi connectivity index (χ4n) is 0.727. The van der Waals surface area contributed by atoms with Gasteiger partial charge in [-0.2, -0.15) is 0 Å². The predicted molar refractivity (Wildman–Crippen MR) is 51.7 cm³/mol. The first kappa shape index (κ1) is 7.60. The van der Waals surface area contributed by atoms with Crippen LogP contribution in [0.2, 0.25) is 0 Å². The van der Waals surface area contributed by atoms with E-state index in [0.717, 1.165) is 6.54 Å². The van der Waals surface area contributed by atoms with Crippen molar-refractivity contribution in [2.24, 2.45) is 0 Å². The Morgan fingerprint density at radius 2 is 2.44 bits per heavy atom. The summed E-state index contributed by atoms with van der Waals surface area (Å²) in [5.41, 5.74) is 0. The van der Waals surface area contributed by atoms with Crippen LogP contribution in [0.4, 0.5) is 0 Å². The minimum atomic E-state index is 0.993. The number of halogens is 2. The highest BCUT2D eigenvalue weighted by atomic mass is 127. The molecule has 0 unspecified atom stereocenters. The van der Waals surface area contributed by atoms with Crippen LogP contribution in [0.5, 0.6) is 0 Å². The summed E-state index contributed by atoms with van der Waals surface area (Å²) in [7, 11) is 2.06. The summed E-state index contributed by atoms with van der Waals surface area (Å²) < 4.78 is 2.52. The molecule has 0 spiro atoms. The summed E-state index contributed by atoms with van der Waals surface area (Å²) >= 11 is 5.74. The third-order valence-electron chi connectivity index (χ3n) is 1.04. The van der Waals surface area contributed by atoms with Crippen LogP contribution in [0.1, 0.15) is 0 Å². The van der Waals surface area contributed by atoms with Crippen LogP contribution in [0, 0.1) is 0 Å². The third kappa shape index (κ3) is 2.29. The second-order valence-corrected chi connectivity index (χ2v) is 4.28. The van der Waals surface area contributed by atoms with E-state index in [-0.39, 0.29) is 0 Å². The molecule has 0 bridgehead atoms. The first-order valence-electron chi connectivity index (χ1n) is 2.62. The maximum atomic E-state index is 3.44. The highest BCUT2D eigenvalue weighted by Crippen LogP contribution is 2.20. The number of hydrogen-bond acceptors (Lipinski definition) is 1. The van der Waals surface area contributed by atoms with Crippen LogP contribution in [0.3, 0.4) is 0 Å². The van der Waals surface area contributed by atoms with E-state index < -0.39 is 0 Å². The molecule has 1 heterocycles. The normalized spacial score (nSPS) is 19.2. The molecule has 3 heteroatoms. The third-order valence-corrected chi connectivity index (χ3v) is 2.11. The van der Waals surface area contributed by atoms with Crippen LogP contribution in [-0.2, 0) is 0 Å². The summed E-state index contributed by atoms with van der Waals surface area (Å²) in [6, 6.07) is 0. The molecule has 0 aromatic carbocycles. The summed E-state index contributed by atoms with van der Waals surface area (Å²) in [6.07, 6.45) is 4.24. The Hall–Kier alpha value is 0.490. The molecule has 0 aliphatic carbocycles. The largest absolute Gasteiger partial charge is 0.375 e. The molecule has 0 aromatic rings. The first-order chi connectivity index (χ1) is 4.18. The van der Waals surface area contributed by atoms with Crippen LogP contribution >= 0.6 is 38.5 Å². The molecule has 0 saturated carbocycles. The van der Waals surface area contributed by atoms with E-state index in [4.69, 9.17) is 0 Å². The van der Waals surface area contributed by atoms with Gasteiger partial charge in [-0.3, -0.25) is 0 Å². The Balaban J connectivity index is 2.74. The highest BCUT2D eigenvalue weighted by Gasteiger charge is 2.02. The molecule has 0 fully saturated rings. The van der Waals surface area contributed by atoms with Crippen molar-refractivity contribution in [3.05, 3.63) is 20.3 Å². The number of allylic oxidation sites excluding steroid dienone is 2. The van der Waals surface area contributed by atoms with Gasteiger partial charge in [-0.15, -0.1) is 0 Å². The summed E-state index contributed by atoms with van der Waals surface area (Å²) in [4.78, 5) is 2.14. The topological polar surface area (TPSA) is 3.24 Å². The minimum Gasteiger partial charge on any atom is -0.375 e. The van der Waals surface area contributed by atoms with E-state index in [2.05, 4.69) is 62.7 Å². The van der Waals surface area contributed by atoms with Gasteiger partial charge >= 0.3 is 0 Å². The summed E-state index contributed by atoms with van der Waals surface area (Å²) in [5, 5.41) is 0. The van der Waals surface area contributed by atoms with Crippen molar-refractivity contribution in [3.63, 3.8) is 0 Å². The van der Waals surface area contributed by atoms with Gasteiger partial charge in [0.1, 0.15) is 0 Å². The molecule has 1 aliphatic rings. The SMILES string of the molecule is CN1C=C(I)C=C(Br)C1. The second-order valence-electron chi connectivity index (χ2n) is 2.02. The molecule has 0 amide bonds. The maximum Gasteiger partial charge on any atom is 0.0487 e. The van der Waals surface area contributed by atoms with E-state index in [1.54, 1.807) is 0 Å². The molecule has 1 rings (SSSR count). The van der Waals surface area contributed by atoms with E-state index in [1.807, 2.05) is 0 Å². The molecule has 0 atom stereocenters. The zero-order chi connectivity index (χ0) is 6.85. The number of likely N-dealkylation sites (N-methyl/N-ethyl adjacent to an activating group) is 1. The molecule has 0 aromatic heterocycles. The van der Waals surface area contributed by atoms with Crippen molar-refractivity contribution in [1.82, 2.24) is 4.90 Å². The Labute approximate surface area is 77.1 Å². The van der Waals surface area contributed by atoms with Gasteiger partial charge < -0.3 is 4.90 Å². The van der Waals surface area contributed by atoms with Gasteiger partial charge in [-0.1, -0.05) is 15.9 Å². The lowest BCUT2D eigenvalue weighted by atomic mass is 10.4. The van der Waals surface area contributed by atoms with E-state index in [1.165, 1.54) is 8.06 Å². The summed E-state index contributed by atoms with van der Waals surface area (Å²) in [6.45, 7) is 0.993. The molecular weight excluding hydrogens is 293 g/mol. The molecule has 50 valence electrons. The zero-order valence-corrected chi connectivity index (χ0v) is 8.81. The van der Waals surface area contributed by atoms with Gasteiger partial charge in [0.15, 0.2) is 0 Å². The van der Waals surface area contributed by atoms with Crippen LogP contribution in [0.25, 0.3) is 0 Å². The highest BCUT2D eigenvalue weighted by molar-refractivity contribution is 14.1. The fourth-order valence-corrected chi connectivity index (χ4v) is 2.65. The molecule has 0 radical (unpaired) electrons.